The Kier molecular flexibility index (Phi) is 7.68. The van der Waals surface area contributed by atoms with Crippen molar-refractivity contribution in [2.24, 2.45) is 0 Å². The Bertz CT molecular complexity index is 974. The summed E-state index contributed by atoms with van der Waals surface area (Å²) < 4.78 is 15.6. The number of hydrogen-bond acceptors (Lipinski definition) is 6. The second kappa shape index (κ2) is 10.4. The van der Waals surface area contributed by atoms with Gasteiger partial charge in [0.15, 0.2) is 23.0 Å². The molecule has 2 aromatic rings. The number of carbonyl (C=O) groups is 1. The van der Waals surface area contributed by atoms with Gasteiger partial charge in [0.1, 0.15) is 11.6 Å². The van der Waals surface area contributed by atoms with E-state index in [0.29, 0.717) is 17.2 Å². The first-order chi connectivity index (χ1) is 14.0. The molecule has 150 valence electrons. The lowest BCUT2D eigenvalue weighted by Crippen LogP contribution is -2.24. The van der Waals surface area contributed by atoms with Crippen molar-refractivity contribution in [1.82, 2.24) is 5.32 Å². The van der Waals surface area contributed by atoms with Crippen LogP contribution >= 0.6 is 0 Å². The number of rotatable bonds is 8. The molecule has 0 atom stereocenters. The molecule has 0 aliphatic rings. The molecule has 2 N–H and O–H groups in total. The topological polar surface area (TPSA) is 101 Å². The van der Waals surface area contributed by atoms with Crippen molar-refractivity contribution in [1.29, 1.82) is 5.26 Å². The van der Waals surface area contributed by atoms with Crippen molar-refractivity contribution in [2.75, 3.05) is 21.3 Å². The van der Waals surface area contributed by atoms with Crippen LogP contribution in [0.2, 0.25) is 0 Å². The van der Waals surface area contributed by atoms with Crippen molar-refractivity contribution in [3.8, 4) is 29.1 Å². The number of methoxy groups -OCH3 is 3. The molecule has 0 spiro atoms. The van der Waals surface area contributed by atoms with Crippen molar-refractivity contribution in [3.63, 3.8) is 0 Å². The number of nitriles is 1. The van der Waals surface area contributed by atoms with Crippen LogP contribution in [0.1, 0.15) is 11.1 Å². The van der Waals surface area contributed by atoms with E-state index in [2.05, 4.69) is 5.32 Å². The number of phenols is 1. The average Bonchev–Trinajstić information content (AvgIpc) is 2.75. The second-order valence-corrected chi connectivity index (χ2v) is 5.82. The van der Waals surface area contributed by atoms with Crippen molar-refractivity contribution in [2.45, 2.75) is 6.54 Å². The highest BCUT2D eigenvalue weighted by molar-refractivity contribution is 5.97. The van der Waals surface area contributed by atoms with E-state index < -0.39 is 5.91 Å². The number of aromatic hydroxyl groups is 1. The normalized spacial score (nSPS) is 11.0. The van der Waals surface area contributed by atoms with Crippen molar-refractivity contribution in [3.05, 3.63) is 65.3 Å². The average molecular weight is 394 g/mol. The van der Waals surface area contributed by atoms with Crippen LogP contribution in [0, 0.1) is 11.3 Å². The molecule has 0 saturated heterocycles. The molecule has 1 amide bonds. The number of allylic oxidation sites excluding steroid dienone is 2. The standard InChI is InChI=1S/C22H22N2O5/c1-27-19-9-5-8-17(21(19)29-3)14-24-22(26)16(13-23)7-4-6-15-10-11-18(25)20(12-15)28-2/h4-12,25H,14H2,1-3H3,(H,24,26)/b6-4+,16-7+. The predicted molar refractivity (Wildman–Crippen MR) is 109 cm³/mol. The monoisotopic (exact) mass is 394 g/mol. The van der Waals surface area contributed by atoms with Crippen LogP contribution in [0.5, 0.6) is 23.0 Å². The van der Waals surface area contributed by atoms with Gasteiger partial charge in [-0.15, -0.1) is 0 Å². The number of nitrogens with zero attached hydrogens (tertiary/aromatic N) is 1. The Hall–Kier alpha value is -3.92. The Morgan fingerprint density at radius 1 is 1.14 bits per heavy atom. The van der Waals surface area contributed by atoms with E-state index >= 15 is 0 Å². The van der Waals surface area contributed by atoms with E-state index in [-0.39, 0.29) is 17.9 Å². The number of phenolic OH excluding ortho intramolecular Hbond substituents is 1. The molecule has 0 aliphatic carbocycles. The first kappa shape index (κ1) is 21.4. The zero-order valence-electron chi connectivity index (χ0n) is 16.4. The molecule has 0 unspecified atom stereocenters. The van der Waals surface area contributed by atoms with Gasteiger partial charge in [0, 0.05) is 12.1 Å². The van der Waals surface area contributed by atoms with Crippen LogP contribution in [-0.2, 0) is 11.3 Å². The van der Waals surface area contributed by atoms with Crippen LogP contribution < -0.4 is 19.5 Å². The van der Waals surface area contributed by atoms with Gasteiger partial charge in [-0.05, 0) is 29.8 Å². The maximum atomic E-state index is 12.3. The molecule has 0 fully saturated rings. The smallest absolute Gasteiger partial charge is 0.262 e. The quantitative estimate of drug-likeness (QED) is 0.405. The highest BCUT2D eigenvalue weighted by Gasteiger charge is 2.12. The van der Waals surface area contributed by atoms with E-state index in [9.17, 15) is 15.2 Å². The fourth-order valence-electron chi connectivity index (χ4n) is 2.58. The highest BCUT2D eigenvalue weighted by atomic mass is 16.5. The molecule has 0 radical (unpaired) electrons. The van der Waals surface area contributed by atoms with E-state index in [1.54, 1.807) is 42.5 Å². The number of nitrogens with one attached hydrogen (secondary N) is 1. The summed E-state index contributed by atoms with van der Waals surface area (Å²) in [6.07, 6.45) is 4.69. The van der Waals surface area contributed by atoms with Gasteiger partial charge in [0.25, 0.3) is 5.91 Å². The number of carbonyl (C=O) groups excluding carboxylic acids is 1. The van der Waals surface area contributed by atoms with E-state index in [0.717, 1.165) is 11.1 Å². The Morgan fingerprint density at radius 3 is 2.55 bits per heavy atom. The minimum atomic E-state index is -0.509. The van der Waals surface area contributed by atoms with Crippen LogP contribution in [0.15, 0.2) is 54.1 Å². The summed E-state index contributed by atoms with van der Waals surface area (Å²) in [5.41, 5.74) is 1.42. The fourth-order valence-corrected chi connectivity index (χ4v) is 2.58. The fraction of sp³-hybridized carbons (Fsp3) is 0.182. The second-order valence-electron chi connectivity index (χ2n) is 5.82. The molecular formula is C22H22N2O5. The lowest BCUT2D eigenvalue weighted by molar-refractivity contribution is -0.117. The summed E-state index contributed by atoms with van der Waals surface area (Å²) in [4.78, 5) is 12.3. The van der Waals surface area contributed by atoms with Gasteiger partial charge < -0.3 is 24.6 Å². The minimum absolute atomic E-state index is 0.0326. The molecule has 7 nitrogen and oxygen atoms in total. The van der Waals surface area contributed by atoms with Crippen LogP contribution in [0.4, 0.5) is 0 Å². The molecule has 7 heteroatoms. The molecule has 0 heterocycles. The largest absolute Gasteiger partial charge is 0.504 e. The van der Waals surface area contributed by atoms with E-state index in [4.69, 9.17) is 14.2 Å². The van der Waals surface area contributed by atoms with Gasteiger partial charge in [-0.25, -0.2) is 0 Å². The number of para-hydroxylation sites is 1. The first-order valence-electron chi connectivity index (χ1n) is 8.67. The third-order valence-corrected chi connectivity index (χ3v) is 4.04. The summed E-state index contributed by atoms with van der Waals surface area (Å²) in [6, 6.07) is 12.1. The maximum Gasteiger partial charge on any atom is 0.262 e. The molecule has 29 heavy (non-hydrogen) atoms. The summed E-state index contributed by atoms with van der Waals surface area (Å²) in [7, 11) is 4.51. The molecular weight excluding hydrogens is 372 g/mol. The third kappa shape index (κ3) is 5.53. The van der Waals surface area contributed by atoms with Gasteiger partial charge in [0.2, 0.25) is 0 Å². The summed E-state index contributed by atoms with van der Waals surface area (Å²) in [6.45, 7) is 0.178. The SMILES string of the molecule is COc1cc(/C=C/C=C(\C#N)C(=O)NCc2cccc(OC)c2OC)ccc1O. The molecule has 0 saturated carbocycles. The van der Waals surface area contributed by atoms with Crippen LogP contribution in [0.3, 0.4) is 0 Å². The third-order valence-electron chi connectivity index (χ3n) is 4.04. The number of ether oxygens (including phenoxy) is 3. The first-order valence-corrected chi connectivity index (χ1v) is 8.67. The zero-order chi connectivity index (χ0) is 21.2. The summed E-state index contributed by atoms with van der Waals surface area (Å²) in [5.74, 6) is 0.943. The van der Waals surface area contributed by atoms with Gasteiger partial charge in [-0.3, -0.25) is 4.79 Å². The van der Waals surface area contributed by atoms with Gasteiger partial charge in [-0.2, -0.15) is 5.26 Å². The number of benzene rings is 2. The molecule has 0 aliphatic heterocycles. The van der Waals surface area contributed by atoms with Crippen molar-refractivity contribution < 1.29 is 24.1 Å². The lowest BCUT2D eigenvalue weighted by atomic mass is 10.1. The zero-order valence-corrected chi connectivity index (χ0v) is 16.4. The minimum Gasteiger partial charge on any atom is -0.504 e. The van der Waals surface area contributed by atoms with Crippen LogP contribution in [-0.4, -0.2) is 32.3 Å². The molecule has 0 aromatic heterocycles. The molecule has 2 aromatic carbocycles. The molecule has 2 rings (SSSR count). The van der Waals surface area contributed by atoms with Gasteiger partial charge in [0.05, 0.1) is 21.3 Å². The molecule has 0 bridgehead atoms. The van der Waals surface area contributed by atoms with Crippen molar-refractivity contribution >= 4 is 12.0 Å². The maximum absolute atomic E-state index is 12.3. The van der Waals surface area contributed by atoms with Crippen LogP contribution in [0.25, 0.3) is 6.08 Å². The van der Waals surface area contributed by atoms with E-state index in [1.807, 2.05) is 6.07 Å². The Labute approximate surface area is 169 Å². The van der Waals surface area contributed by atoms with Gasteiger partial charge in [-0.1, -0.05) is 30.4 Å². The highest BCUT2D eigenvalue weighted by Crippen LogP contribution is 2.30. The number of amides is 1. The summed E-state index contributed by atoms with van der Waals surface area (Å²) in [5, 5.41) is 21.6. The predicted octanol–water partition coefficient (Wildman–Crippen LogP) is 3.20. The Balaban J connectivity index is 2.08. The van der Waals surface area contributed by atoms with E-state index in [1.165, 1.54) is 33.5 Å². The lowest BCUT2D eigenvalue weighted by Gasteiger charge is -2.12. The number of hydrogen-bond donors (Lipinski definition) is 2. The van der Waals surface area contributed by atoms with Gasteiger partial charge >= 0.3 is 0 Å². The summed E-state index contributed by atoms with van der Waals surface area (Å²) >= 11 is 0. The Morgan fingerprint density at radius 2 is 1.90 bits per heavy atom.